The molecule has 25 heavy (non-hydrogen) atoms. The number of ether oxygens (including phenoxy) is 1. The second-order valence-electron chi connectivity index (χ2n) is 5.40. The number of halogens is 3. The standard InChI is InChI=1S/C17H13Cl2FN2O3/c18-10-1-4-14(19)16(5-10)25-8-12(23)7-22-9-21-15-6-11(20)2-3-13(15)17(22)24/h1-6,9,12,23H,7-8H2/t12-/m0/s1. The Labute approximate surface area is 152 Å². The molecule has 3 aromatic rings. The Morgan fingerprint density at radius 3 is 2.84 bits per heavy atom. The largest absolute Gasteiger partial charge is 0.489 e. The van der Waals surface area contributed by atoms with Crippen molar-refractivity contribution < 1.29 is 14.2 Å². The highest BCUT2D eigenvalue weighted by Gasteiger charge is 2.12. The summed E-state index contributed by atoms with van der Waals surface area (Å²) in [5.41, 5.74) is -0.109. The van der Waals surface area contributed by atoms with E-state index in [9.17, 15) is 14.3 Å². The summed E-state index contributed by atoms with van der Waals surface area (Å²) in [6, 6.07) is 8.48. The van der Waals surface area contributed by atoms with Gasteiger partial charge in [0.2, 0.25) is 0 Å². The number of aromatic nitrogens is 2. The fourth-order valence-corrected chi connectivity index (χ4v) is 2.65. The molecule has 130 valence electrons. The van der Waals surface area contributed by atoms with Gasteiger partial charge in [0.15, 0.2) is 0 Å². The van der Waals surface area contributed by atoms with Crippen molar-refractivity contribution in [1.82, 2.24) is 9.55 Å². The van der Waals surface area contributed by atoms with Crippen LogP contribution in [-0.4, -0.2) is 27.4 Å². The lowest BCUT2D eigenvalue weighted by Gasteiger charge is -2.15. The van der Waals surface area contributed by atoms with Crippen molar-refractivity contribution in [3.8, 4) is 5.75 Å². The summed E-state index contributed by atoms with van der Waals surface area (Å²) in [7, 11) is 0. The van der Waals surface area contributed by atoms with E-state index in [1.54, 1.807) is 12.1 Å². The number of aliphatic hydroxyl groups is 1. The monoisotopic (exact) mass is 382 g/mol. The Morgan fingerprint density at radius 1 is 1.24 bits per heavy atom. The highest BCUT2D eigenvalue weighted by Crippen LogP contribution is 2.27. The van der Waals surface area contributed by atoms with Gasteiger partial charge in [0.05, 0.1) is 28.8 Å². The summed E-state index contributed by atoms with van der Waals surface area (Å²) in [4.78, 5) is 16.4. The van der Waals surface area contributed by atoms with E-state index >= 15 is 0 Å². The molecule has 0 aliphatic carbocycles. The van der Waals surface area contributed by atoms with Crippen LogP contribution in [0.4, 0.5) is 4.39 Å². The molecule has 1 aromatic heterocycles. The Bertz CT molecular complexity index is 978. The molecule has 0 spiro atoms. The van der Waals surface area contributed by atoms with Gasteiger partial charge in [0.1, 0.15) is 24.3 Å². The summed E-state index contributed by atoms with van der Waals surface area (Å²) in [6.45, 7) is -0.120. The third kappa shape index (κ3) is 4.10. The zero-order chi connectivity index (χ0) is 18.0. The number of aliphatic hydroxyl groups excluding tert-OH is 1. The molecule has 5 nitrogen and oxygen atoms in total. The zero-order valence-corrected chi connectivity index (χ0v) is 14.3. The Hall–Kier alpha value is -2.15. The summed E-state index contributed by atoms with van der Waals surface area (Å²) in [5.74, 6) is -0.128. The first kappa shape index (κ1) is 17.7. The van der Waals surface area contributed by atoms with E-state index in [-0.39, 0.29) is 29.6 Å². The smallest absolute Gasteiger partial charge is 0.261 e. The van der Waals surface area contributed by atoms with E-state index in [1.807, 2.05) is 0 Å². The summed E-state index contributed by atoms with van der Waals surface area (Å²) >= 11 is 11.8. The lowest BCUT2D eigenvalue weighted by Crippen LogP contribution is -2.30. The van der Waals surface area contributed by atoms with Crippen LogP contribution in [0.15, 0.2) is 47.5 Å². The van der Waals surface area contributed by atoms with Crippen LogP contribution < -0.4 is 10.3 Å². The Balaban J connectivity index is 1.72. The van der Waals surface area contributed by atoms with Crippen LogP contribution in [0.5, 0.6) is 5.75 Å². The van der Waals surface area contributed by atoms with E-state index in [2.05, 4.69) is 4.98 Å². The molecule has 0 unspecified atom stereocenters. The predicted molar refractivity (Wildman–Crippen MR) is 93.9 cm³/mol. The molecule has 0 fully saturated rings. The average Bonchev–Trinajstić information content (AvgIpc) is 2.58. The maximum atomic E-state index is 13.2. The van der Waals surface area contributed by atoms with Gasteiger partial charge >= 0.3 is 0 Å². The van der Waals surface area contributed by atoms with Crippen molar-refractivity contribution >= 4 is 34.1 Å². The maximum absolute atomic E-state index is 13.2. The van der Waals surface area contributed by atoms with Crippen LogP contribution in [0.1, 0.15) is 0 Å². The molecular weight excluding hydrogens is 370 g/mol. The third-order valence-electron chi connectivity index (χ3n) is 3.52. The molecule has 1 heterocycles. The van der Waals surface area contributed by atoms with E-state index in [0.717, 1.165) is 0 Å². The first-order valence-electron chi connectivity index (χ1n) is 7.34. The number of benzene rings is 2. The van der Waals surface area contributed by atoms with Gasteiger partial charge in [-0.25, -0.2) is 9.37 Å². The maximum Gasteiger partial charge on any atom is 0.261 e. The SMILES string of the molecule is O=c1c2ccc(F)cc2ncn1C[C@H](O)COc1cc(Cl)ccc1Cl. The molecule has 0 amide bonds. The van der Waals surface area contributed by atoms with Gasteiger partial charge in [0, 0.05) is 17.2 Å². The molecule has 3 rings (SSSR count). The Kier molecular flexibility index (Phi) is 5.22. The van der Waals surface area contributed by atoms with E-state index in [0.29, 0.717) is 15.8 Å². The van der Waals surface area contributed by atoms with Crippen LogP contribution in [0.2, 0.25) is 10.0 Å². The number of hydrogen-bond donors (Lipinski definition) is 1. The fraction of sp³-hybridized carbons (Fsp3) is 0.176. The first-order chi connectivity index (χ1) is 11.9. The van der Waals surface area contributed by atoms with Gasteiger partial charge in [0.25, 0.3) is 5.56 Å². The normalized spacial score (nSPS) is 12.3. The highest BCUT2D eigenvalue weighted by atomic mass is 35.5. The fourth-order valence-electron chi connectivity index (χ4n) is 2.32. The van der Waals surface area contributed by atoms with Crippen molar-refractivity contribution in [1.29, 1.82) is 0 Å². The number of hydrogen-bond acceptors (Lipinski definition) is 4. The molecule has 0 aliphatic heterocycles. The van der Waals surface area contributed by atoms with Crippen molar-refractivity contribution in [2.75, 3.05) is 6.61 Å². The van der Waals surface area contributed by atoms with Gasteiger partial charge in [-0.15, -0.1) is 0 Å². The van der Waals surface area contributed by atoms with Crippen LogP contribution in [0.3, 0.4) is 0 Å². The Morgan fingerprint density at radius 2 is 2.04 bits per heavy atom. The van der Waals surface area contributed by atoms with Crippen LogP contribution in [0.25, 0.3) is 10.9 Å². The lowest BCUT2D eigenvalue weighted by atomic mass is 10.2. The molecule has 0 radical (unpaired) electrons. The van der Waals surface area contributed by atoms with Crippen LogP contribution >= 0.6 is 23.2 Å². The number of fused-ring (bicyclic) bond motifs is 1. The minimum Gasteiger partial charge on any atom is -0.489 e. The second kappa shape index (κ2) is 7.39. The quantitative estimate of drug-likeness (QED) is 0.735. The molecule has 0 aliphatic rings. The van der Waals surface area contributed by atoms with Crippen LogP contribution in [-0.2, 0) is 6.54 Å². The second-order valence-corrected chi connectivity index (χ2v) is 6.25. The molecule has 1 atom stereocenters. The topological polar surface area (TPSA) is 64.4 Å². The molecule has 0 bridgehead atoms. The predicted octanol–water partition coefficient (Wildman–Crippen LogP) is 3.28. The van der Waals surface area contributed by atoms with Gasteiger partial charge in [-0.05, 0) is 24.3 Å². The average molecular weight is 383 g/mol. The van der Waals surface area contributed by atoms with Crippen molar-refractivity contribution in [3.63, 3.8) is 0 Å². The highest BCUT2D eigenvalue weighted by molar-refractivity contribution is 6.34. The van der Waals surface area contributed by atoms with Crippen molar-refractivity contribution in [2.45, 2.75) is 12.6 Å². The van der Waals surface area contributed by atoms with Crippen LogP contribution in [0, 0.1) is 5.82 Å². The molecular formula is C17H13Cl2FN2O3. The summed E-state index contributed by atoms with van der Waals surface area (Å²) in [6.07, 6.45) is 0.284. The minimum atomic E-state index is -0.979. The van der Waals surface area contributed by atoms with Crippen molar-refractivity contribution in [2.24, 2.45) is 0 Å². The zero-order valence-electron chi connectivity index (χ0n) is 12.8. The minimum absolute atomic E-state index is 0.0304. The van der Waals surface area contributed by atoms with Gasteiger partial charge in [-0.3, -0.25) is 9.36 Å². The molecule has 0 saturated carbocycles. The molecule has 0 saturated heterocycles. The number of rotatable bonds is 5. The van der Waals surface area contributed by atoms with Crippen molar-refractivity contribution in [3.05, 3.63) is 68.9 Å². The first-order valence-corrected chi connectivity index (χ1v) is 8.10. The van der Waals surface area contributed by atoms with E-state index < -0.39 is 11.9 Å². The van der Waals surface area contributed by atoms with Gasteiger partial charge in [-0.1, -0.05) is 23.2 Å². The van der Waals surface area contributed by atoms with Gasteiger partial charge < -0.3 is 9.84 Å². The number of nitrogens with zero attached hydrogens (tertiary/aromatic N) is 2. The molecule has 1 N–H and O–H groups in total. The molecule has 2 aromatic carbocycles. The van der Waals surface area contributed by atoms with Gasteiger partial charge in [-0.2, -0.15) is 0 Å². The third-order valence-corrected chi connectivity index (χ3v) is 4.07. The van der Waals surface area contributed by atoms with E-state index in [1.165, 1.54) is 35.2 Å². The summed E-state index contributed by atoms with van der Waals surface area (Å²) in [5, 5.41) is 11.2. The van der Waals surface area contributed by atoms with E-state index in [4.69, 9.17) is 27.9 Å². The summed E-state index contributed by atoms with van der Waals surface area (Å²) < 4.78 is 19.9. The molecule has 8 heteroatoms. The lowest BCUT2D eigenvalue weighted by molar-refractivity contribution is 0.0915.